The van der Waals surface area contributed by atoms with Crippen molar-refractivity contribution in [3.8, 4) is 0 Å². The molecule has 1 atom stereocenters. The van der Waals surface area contributed by atoms with Crippen molar-refractivity contribution in [2.45, 2.75) is 63.7 Å². The molecule has 0 amide bonds. The molecule has 0 unspecified atom stereocenters. The molecule has 0 spiro atoms. The second kappa shape index (κ2) is 12.4. The molecular weight excluding hydrogens is 480 g/mol. The molecule has 2 N–H and O–H groups in total. The highest BCUT2D eigenvalue weighted by atomic mass is 32.1. The lowest BCUT2D eigenvalue weighted by molar-refractivity contribution is 0.0515. The van der Waals surface area contributed by atoms with Crippen molar-refractivity contribution < 1.29 is 4.74 Å². The average molecular weight is 523 g/mol. The third-order valence-electron chi connectivity index (χ3n) is 8.26. The summed E-state index contributed by atoms with van der Waals surface area (Å²) in [5, 5.41) is 7.44. The molecule has 0 bridgehead atoms. The molecule has 37 heavy (non-hydrogen) atoms. The van der Waals surface area contributed by atoms with Crippen LogP contribution in [0.5, 0.6) is 0 Å². The van der Waals surface area contributed by atoms with E-state index in [0.29, 0.717) is 17.0 Å². The summed E-state index contributed by atoms with van der Waals surface area (Å²) in [6.07, 6.45) is 9.47. The van der Waals surface area contributed by atoms with Gasteiger partial charge in [0.05, 0.1) is 0 Å². The lowest BCUT2D eigenvalue weighted by Crippen LogP contribution is -2.45. The summed E-state index contributed by atoms with van der Waals surface area (Å²) in [5.74, 6) is 3.29. The molecule has 8 heteroatoms. The molecule has 7 nitrogen and oxygen atoms in total. The number of benzene rings is 1. The lowest BCUT2D eigenvalue weighted by Gasteiger charge is -2.38. The SMILES string of the molecule is C[C@H]1CCCN(c2cc(N3CCCCCC3)nc(NC(=S)NCC3(c4ccccc4)CCOCC3)n2)C1. The van der Waals surface area contributed by atoms with Crippen LogP contribution in [0.4, 0.5) is 17.6 Å². The first-order valence-corrected chi connectivity index (χ1v) is 14.6. The van der Waals surface area contributed by atoms with Crippen molar-refractivity contribution in [3.63, 3.8) is 0 Å². The Labute approximate surface area is 227 Å². The summed E-state index contributed by atoms with van der Waals surface area (Å²) in [7, 11) is 0. The summed E-state index contributed by atoms with van der Waals surface area (Å²) >= 11 is 5.78. The van der Waals surface area contributed by atoms with Crippen LogP contribution in [0.2, 0.25) is 0 Å². The topological polar surface area (TPSA) is 65.5 Å². The minimum absolute atomic E-state index is 0.00903. The molecule has 3 saturated heterocycles. The molecule has 3 aliphatic heterocycles. The van der Waals surface area contributed by atoms with E-state index in [2.05, 4.69) is 63.8 Å². The van der Waals surface area contributed by atoms with Gasteiger partial charge < -0.3 is 25.2 Å². The molecular formula is C29H42N6OS. The van der Waals surface area contributed by atoms with Crippen LogP contribution < -0.4 is 20.4 Å². The van der Waals surface area contributed by atoms with E-state index in [1.807, 2.05) is 0 Å². The quantitative estimate of drug-likeness (QED) is 0.507. The number of anilines is 3. The summed E-state index contributed by atoms with van der Waals surface area (Å²) in [6.45, 7) is 8.83. The monoisotopic (exact) mass is 522 g/mol. The van der Waals surface area contributed by atoms with E-state index < -0.39 is 0 Å². The lowest BCUT2D eigenvalue weighted by atomic mass is 9.74. The third-order valence-corrected chi connectivity index (χ3v) is 8.51. The zero-order chi connectivity index (χ0) is 25.5. The van der Waals surface area contributed by atoms with Gasteiger partial charge in [0.2, 0.25) is 5.95 Å². The summed E-state index contributed by atoms with van der Waals surface area (Å²) in [4.78, 5) is 14.8. The number of nitrogens with zero attached hydrogens (tertiary/aromatic N) is 4. The fourth-order valence-corrected chi connectivity index (χ4v) is 6.18. The van der Waals surface area contributed by atoms with Gasteiger partial charge >= 0.3 is 0 Å². The van der Waals surface area contributed by atoms with Crippen molar-refractivity contribution in [1.82, 2.24) is 15.3 Å². The van der Waals surface area contributed by atoms with Crippen LogP contribution in [-0.2, 0) is 10.2 Å². The van der Waals surface area contributed by atoms with Gasteiger partial charge in [-0.2, -0.15) is 9.97 Å². The first-order chi connectivity index (χ1) is 18.1. The van der Waals surface area contributed by atoms with Gasteiger partial charge in [-0.1, -0.05) is 50.1 Å². The van der Waals surface area contributed by atoms with E-state index in [-0.39, 0.29) is 5.41 Å². The van der Waals surface area contributed by atoms with Gasteiger partial charge in [-0.15, -0.1) is 0 Å². The predicted molar refractivity (Wildman–Crippen MR) is 156 cm³/mol. The Morgan fingerprint density at radius 1 is 0.973 bits per heavy atom. The molecule has 1 aromatic carbocycles. The molecule has 200 valence electrons. The van der Waals surface area contributed by atoms with E-state index >= 15 is 0 Å². The number of piperidine rings is 1. The number of nitrogens with one attached hydrogen (secondary N) is 2. The van der Waals surface area contributed by atoms with Gasteiger partial charge in [0.25, 0.3) is 0 Å². The van der Waals surface area contributed by atoms with Gasteiger partial charge in [0.15, 0.2) is 5.11 Å². The number of hydrogen-bond donors (Lipinski definition) is 2. The normalized spacial score (nSPS) is 22.2. The fraction of sp³-hybridized carbons (Fsp3) is 0.621. The molecule has 3 fully saturated rings. The van der Waals surface area contributed by atoms with Gasteiger partial charge in [-0.3, -0.25) is 0 Å². The first-order valence-electron chi connectivity index (χ1n) is 14.2. The summed E-state index contributed by atoms with van der Waals surface area (Å²) in [6, 6.07) is 13.0. The third kappa shape index (κ3) is 6.71. The molecule has 3 aliphatic rings. The summed E-state index contributed by atoms with van der Waals surface area (Å²) < 4.78 is 5.70. The van der Waals surface area contributed by atoms with Gasteiger partial charge in [-0.05, 0) is 62.2 Å². The number of ether oxygens (including phenoxy) is 1. The van der Waals surface area contributed by atoms with E-state index in [4.69, 9.17) is 26.9 Å². The van der Waals surface area contributed by atoms with E-state index in [1.54, 1.807) is 0 Å². The maximum atomic E-state index is 5.78. The minimum atomic E-state index is 0.00903. The molecule has 0 radical (unpaired) electrons. The number of rotatable bonds is 6. The molecule has 0 saturated carbocycles. The van der Waals surface area contributed by atoms with E-state index in [9.17, 15) is 0 Å². The highest BCUT2D eigenvalue weighted by Gasteiger charge is 2.34. The average Bonchev–Trinajstić information content (AvgIpc) is 3.23. The van der Waals surface area contributed by atoms with Crippen molar-refractivity contribution in [1.29, 1.82) is 0 Å². The molecule has 2 aromatic rings. The minimum Gasteiger partial charge on any atom is -0.381 e. The van der Waals surface area contributed by atoms with Crippen LogP contribution in [0.25, 0.3) is 0 Å². The highest BCUT2D eigenvalue weighted by Crippen LogP contribution is 2.34. The molecule has 4 heterocycles. The van der Waals surface area contributed by atoms with Crippen LogP contribution in [-0.4, -0.2) is 61.0 Å². The fourth-order valence-electron chi connectivity index (χ4n) is 6.02. The Balaban J connectivity index is 1.32. The van der Waals surface area contributed by atoms with Crippen LogP contribution in [0.3, 0.4) is 0 Å². The zero-order valence-corrected chi connectivity index (χ0v) is 23.1. The van der Waals surface area contributed by atoms with E-state index in [1.165, 1.54) is 44.1 Å². The molecule has 0 aliphatic carbocycles. The van der Waals surface area contributed by atoms with Crippen molar-refractivity contribution in [3.05, 3.63) is 42.0 Å². The van der Waals surface area contributed by atoms with Gasteiger partial charge in [0.1, 0.15) is 11.6 Å². The molecule has 1 aromatic heterocycles. The van der Waals surface area contributed by atoms with Crippen molar-refractivity contribution in [2.24, 2.45) is 5.92 Å². The Hall–Kier alpha value is -2.45. The number of hydrogen-bond acceptors (Lipinski definition) is 6. The Kier molecular flexibility index (Phi) is 8.77. The maximum Gasteiger partial charge on any atom is 0.232 e. The largest absolute Gasteiger partial charge is 0.381 e. The van der Waals surface area contributed by atoms with Crippen LogP contribution in [0.1, 0.15) is 63.9 Å². The van der Waals surface area contributed by atoms with Gasteiger partial charge in [0, 0.05) is 57.4 Å². The van der Waals surface area contributed by atoms with Gasteiger partial charge in [-0.25, -0.2) is 0 Å². The van der Waals surface area contributed by atoms with Crippen LogP contribution in [0.15, 0.2) is 36.4 Å². The Bertz CT molecular complexity index is 1000. The highest BCUT2D eigenvalue weighted by molar-refractivity contribution is 7.80. The first kappa shape index (κ1) is 26.2. The maximum absolute atomic E-state index is 5.78. The zero-order valence-electron chi connectivity index (χ0n) is 22.3. The van der Waals surface area contributed by atoms with Crippen LogP contribution >= 0.6 is 12.2 Å². The van der Waals surface area contributed by atoms with Crippen LogP contribution in [0, 0.1) is 5.92 Å². The Morgan fingerprint density at radius 3 is 2.35 bits per heavy atom. The van der Waals surface area contributed by atoms with Crippen molar-refractivity contribution in [2.75, 3.05) is 61.1 Å². The smallest absolute Gasteiger partial charge is 0.232 e. The second-order valence-electron chi connectivity index (χ2n) is 11.1. The standard InChI is InChI=1S/C29H42N6OS/c1-23-10-9-17-35(21-23)26-20-25(34-15-7-2-3-8-16-34)31-27(32-26)33-28(37)30-22-29(13-18-36-19-14-29)24-11-5-4-6-12-24/h4-6,11-12,20,23H,2-3,7-10,13-19,21-22H2,1H3,(H2,30,31,32,33,37)/t23-/m0/s1. The number of aromatic nitrogens is 2. The summed E-state index contributed by atoms with van der Waals surface area (Å²) in [5.41, 5.74) is 1.35. The van der Waals surface area contributed by atoms with Crippen molar-refractivity contribution >= 4 is 34.9 Å². The second-order valence-corrected chi connectivity index (χ2v) is 11.5. The number of thiocarbonyl (C=S) groups is 1. The Morgan fingerprint density at radius 2 is 1.65 bits per heavy atom. The van der Waals surface area contributed by atoms with E-state index in [0.717, 1.165) is 70.4 Å². The predicted octanol–water partition coefficient (Wildman–Crippen LogP) is 5.13. The molecule has 5 rings (SSSR count).